The van der Waals surface area contributed by atoms with Crippen LogP contribution in [-0.2, 0) is 4.79 Å². The number of rotatable bonds is 6. The van der Waals surface area contributed by atoms with Gasteiger partial charge < -0.3 is 0 Å². The molecule has 0 saturated heterocycles. The second-order valence-corrected chi connectivity index (χ2v) is 12.9. The molecule has 0 N–H and O–H groups in total. The fourth-order valence-corrected chi connectivity index (χ4v) is 9.31. The van der Waals surface area contributed by atoms with Crippen LogP contribution in [0.2, 0.25) is 0 Å². The lowest BCUT2D eigenvalue weighted by Gasteiger charge is -2.60. The van der Waals surface area contributed by atoms with E-state index in [2.05, 4.69) is 34.6 Å². The van der Waals surface area contributed by atoms with Crippen LogP contribution in [0.15, 0.2) is 0 Å². The largest absolute Gasteiger partial charge is 0.292 e. The van der Waals surface area contributed by atoms with Gasteiger partial charge in [-0.05, 0) is 90.8 Å². The maximum Gasteiger partial charge on any atom is 0.270 e. The van der Waals surface area contributed by atoms with E-state index in [-0.39, 0.29) is 16.1 Å². The summed E-state index contributed by atoms with van der Waals surface area (Å²) in [6.07, 6.45) is 12.6. The predicted octanol–water partition coefficient (Wildman–Crippen LogP) is 6.93. The highest BCUT2D eigenvalue weighted by Gasteiger charge is 2.62. The fourth-order valence-electron chi connectivity index (χ4n) is 9.31. The molecule has 0 radical (unpaired) electrons. The Morgan fingerprint density at radius 1 is 1.00 bits per heavy atom. The van der Waals surface area contributed by atoms with Gasteiger partial charge in [0.05, 0.1) is 0 Å². The molecule has 9 atom stereocenters. The Morgan fingerprint density at radius 3 is 2.39 bits per heavy atom. The predicted molar refractivity (Wildman–Crippen MR) is 124 cm³/mol. The summed E-state index contributed by atoms with van der Waals surface area (Å²) in [6, 6.07) is -0.953. The quantitative estimate of drug-likeness (QED) is 0.338. The summed E-state index contributed by atoms with van der Waals surface area (Å²) < 4.78 is 0. The monoisotopic (exact) mass is 431 g/mol. The average Bonchev–Trinajstić information content (AvgIpc) is 3.05. The number of fused-ring (bicyclic) bond motifs is 5. The molecule has 4 aliphatic carbocycles. The molecule has 4 aliphatic rings. The molecule has 4 rings (SSSR count). The van der Waals surface area contributed by atoms with Gasteiger partial charge in [-0.3, -0.25) is 14.9 Å². The number of carbonyl (C=O) groups excluding carboxylic acids is 1. The first-order valence-electron chi connectivity index (χ1n) is 13.2. The van der Waals surface area contributed by atoms with Crippen molar-refractivity contribution in [3.05, 3.63) is 10.1 Å². The molecule has 4 fully saturated rings. The molecule has 4 heteroatoms. The molecule has 4 saturated carbocycles. The minimum atomic E-state index is -0.953. The SMILES string of the molecule is CC(C)CCC[C@@H](C)[C@@H]1CC[C@@H]2[C@@H]3CC[C@H]4CC(=O)[C@H]([N+](=O)[O-])C[C@]4(C)[C@@H]3CC[C@@]21C. The standard InChI is InChI=1S/C27H45NO3/c1-17(2)7-6-8-18(3)21-11-12-22-20-10-9-19-15-25(29)24(28(30)31)16-27(19,5)23(20)13-14-26(21,22)4/h17-24H,6-16H2,1-5H3/t18-,19+,20+,21+,22-,23-,24-,26-,27+/m1/s1. The van der Waals surface area contributed by atoms with Crippen LogP contribution in [0, 0.1) is 62.4 Å². The van der Waals surface area contributed by atoms with Crippen LogP contribution in [0.5, 0.6) is 0 Å². The van der Waals surface area contributed by atoms with Gasteiger partial charge in [-0.2, -0.15) is 0 Å². The third-order valence-electron chi connectivity index (χ3n) is 11.0. The van der Waals surface area contributed by atoms with Crippen molar-refractivity contribution < 1.29 is 9.72 Å². The van der Waals surface area contributed by atoms with Gasteiger partial charge in [-0.15, -0.1) is 0 Å². The maximum absolute atomic E-state index is 12.4. The Labute approximate surface area is 189 Å². The molecule has 0 amide bonds. The highest BCUT2D eigenvalue weighted by atomic mass is 16.6. The molecular formula is C27H45NO3. The number of carbonyl (C=O) groups is 1. The van der Waals surface area contributed by atoms with Crippen molar-refractivity contribution in [1.29, 1.82) is 0 Å². The first-order valence-corrected chi connectivity index (χ1v) is 13.2. The molecule has 0 aromatic rings. The number of Topliss-reactive ketones (excluding diaryl/α,β-unsaturated/α-hetero) is 1. The summed E-state index contributed by atoms with van der Waals surface area (Å²) in [5.74, 6) is 4.79. The zero-order valence-corrected chi connectivity index (χ0v) is 20.6. The van der Waals surface area contributed by atoms with E-state index in [0.29, 0.717) is 36.0 Å². The van der Waals surface area contributed by atoms with Crippen molar-refractivity contribution in [2.75, 3.05) is 0 Å². The fraction of sp³-hybridized carbons (Fsp3) is 0.963. The Bertz CT molecular complexity index is 705. The van der Waals surface area contributed by atoms with Gasteiger partial charge in [-0.1, -0.05) is 53.9 Å². The van der Waals surface area contributed by atoms with Crippen molar-refractivity contribution in [3.63, 3.8) is 0 Å². The van der Waals surface area contributed by atoms with Gasteiger partial charge >= 0.3 is 0 Å². The molecular weight excluding hydrogens is 386 g/mol. The summed E-state index contributed by atoms with van der Waals surface area (Å²) >= 11 is 0. The minimum Gasteiger partial charge on any atom is -0.292 e. The van der Waals surface area contributed by atoms with E-state index < -0.39 is 6.04 Å². The average molecular weight is 432 g/mol. The van der Waals surface area contributed by atoms with E-state index in [1.165, 1.54) is 51.4 Å². The second-order valence-electron chi connectivity index (χ2n) is 12.9. The number of hydrogen-bond acceptors (Lipinski definition) is 3. The van der Waals surface area contributed by atoms with E-state index >= 15 is 0 Å². The van der Waals surface area contributed by atoms with Crippen LogP contribution in [0.4, 0.5) is 0 Å². The lowest BCUT2D eigenvalue weighted by molar-refractivity contribution is -0.514. The number of nitro groups is 1. The maximum atomic E-state index is 12.4. The number of ketones is 1. The summed E-state index contributed by atoms with van der Waals surface area (Å²) in [5, 5.41) is 11.6. The lowest BCUT2D eigenvalue weighted by atomic mass is 9.44. The van der Waals surface area contributed by atoms with Crippen LogP contribution < -0.4 is 0 Å². The molecule has 0 aromatic heterocycles. The molecule has 0 bridgehead atoms. The zero-order chi connectivity index (χ0) is 22.6. The lowest BCUT2D eigenvalue weighted by Crippen LogP contribution is -2.57. The van der Waals surface area contributed by atoms with E-state index in [9.17, 15) is 14.9 Å². The topological polar surface area (TPSA) is 60.2 Å². The number of hydrogen-bond donors (Lipinski definition) is 0. The molecule has 0 unspecified atom stereocenters. The molecule has 0 aromatic carbocycles. The third-order valence-corrected chi connectivity index (χ3v) is 11.0. The van der Waals surface area contributed by atoms with Crippen LogP contribution in [0.3, 0.4) is 0 Å². The van der Waals surface area contributed by atoms with Gasteiger partial charge in [0, 0.05) is 17.8 Å². The van der Waals surface area contributed by atoms with E-state index in [1.54, 1.807) is 0 Å². The Balaban J connectivity index is 1.50. The van der Waals surface area contributed by atoms with Crippen LogP contribution in [0.25, 0.3) is 0 Å². The van der Waals surface area contributed by atoms with E-state index in [0.717, 1.165) is 30.1 Å². The Kier molecular flexibility index (Phi) is 6.33. The summed E-state index contributed by atoms with van der Waals surface area (Å²) in [4.78, 5) is 23.8. The van der Waals surface area contributed by atoms with Crippen LogP contribution >= 0.6 is 0 Å². The highest BCUT2D eigenvalue weighted by Crippen LogP contribution is 2.68. The molecule has 176 valence electrons. The van der Waals surface area contributed by atoms with Crippen molar-refractivity contribution in [3.8, 4) is 0 Å². The van der Waals surface area contributed by atoms with Crippen molar-refractivity contribution in [2.45, 2.75) is 111 Å². The smallest absolute Gasteiger partial charge is 0.270 e. The molecule has 4 nitrogen and oxygen atoms in total. The second kappa shape index (κ2) is 8.45. The van der Waals surface area contributed by atoms with Gasteiger partial charge in [0.25, 0.3) is 6.04 Å². The van der Waals surface area contributed by atoms with Crippen LogP contribution in [-0.4, -0.2) is 16.7 Å². The molecule has 0 heterocycles. The highest BCUT2D eigenvalue weighted by molar-refractivity contribution is 5.84. The first kappa shape index (κ1) is 23.2. The molecule has 31 heavy (non-hydrogen) atoms. The van der Waals surface area contributed by atoms with E-state index in [4.69, 9.17) is 0 Å². The number of nitrogens with zero attached hydrogens (tertiary/aromatic N) is 1. The van der Waals surface area contributed by atoms with Gasteiger partial charge in [0.1, 0.15) is 0 Å². The zero-order valence-electron chi connectivity index (χ0n) is 20.6. The van der Waals surface area contributed by atoms with Crippen LogP contribution in [0.1, 0.15) is 105 Å². The summed E-state index contributed by atoms with van der Waals surface area (Å²) in [6.45, 7) is 12.1. The Hall–Kier alpha value is -0.930. The first-order chi connectivity index (χ1) is 14.6. The molecule has 0 spiro atoms. The minimum absolute atomic E-state index is 0.0170. The summed E-state index contributed by atoms with van der Waals surface area (Å²) in [7, 11) is 0. The normalized spacial score (nSPS) is 45.7. The summed E-state index contributed by atoms with van der Waals surface area (Å²) in [5.41, 5.74) is 0.436. The van der Waals surface area contributed by atoms with Gasteiger partial charge in [-0.25, -0.2) is 0 Å². The van der Waals surface area contributed by atoms with Gasteiger partial charge in [0.15, 0.2) is 0 Å². The molecule has 0 aliphatic heterocycles. The van der Waals surface area contributed by atoms with Gasteiger partial charge in [0.2, 0.25) is 5.78 Å². The Morgan fingerprint density at radius 2 is 1.71 bits per heavy atom. The van der Waals surface area contributed by atoms with E-state index in [1.807, 2.05) is 0 Å². The van der Waals surface area contributed by atoms with Crippen molar-refractivity contribution in [2.24, 2.45) is 52.3 Å². The third kappa shape index (κ3) is 3.88. The van der Waals surface area contributed by atoms with Crippen molar-refractivity contribution >= 4 is 5.78 Å². The van der Waals surface area contributed by atoms with Crippen molar-refractivity contribution in [1.82, 2.24) is 0 Å².